The van der Waals surface area contributed by atoms with E-state index in [0.29, 0.717) is 19.1 Å². The van der Waals surface area contributed by atoms with E-state index in [-0.39, 0.29) is 17.3 Å². The minimum Gasteiger partial charge on any atom is -0.381 e. The summed E-state index contributed by atoms with van der Waals surface area (Å²) < 4.78 is 19.4. The summed E-state index contributed by atoms with van der Waals surface area (Å²) in [6.45, 7) is 1.97. The molecule has 2 heterocycles. The zero-order valence-electron chi connectivity index (χ0n) is 11.4. The molecule has 0 aromatic carbocycles. The van der Waals surface area contributed by atoms with Gasteiger partial charge >= 0.3 is 0 Å². The summed E-state index contributed by atoms with van der Waals surface area (Å²) in [5, 5.41) is 0. The van der Waals surface area contributed by atoms with Crippen LogP contribution in [0.5, 0.6) is 0 Å². The van der Waals surface area contributed by atoms with Gasteiger partial charge in [0, 0.05) is 26.4 Å². The van der Waals surface area contributed by atoms with E-state index in [2.05, 4.69) is 10.4 Å². The molecule has 0 saturated carbocycles. The third-order valence-corrected chi connectivity index (χ3v) is 3.39. The van der Waals surface area contributed by atoms with Crippen molar-refractivity contribution in [1.29, 1.82) is 0 Å². The van der Waals surface area contributed by atoms with E-state index in [4.69, 9.17) is 10.6 Å². The Labute approximate surface area is 117 Å². The summed E-state index contributed by atoms with van der Waals surface area (Å²) in [6, 6.07) is 1.35. The Bertz CT molecular complexity index is 477. The van der Waals surface area contributed by atoms with Crippen LogP contribution in [-0.2, 0) is 4.74 Å². The minimum atomic E-state index is -0.730. The zero-order chi connectivity index (χ0) is 14.5. The predicted molar refractivity (Wildman–Crippen MR) is 72.5 cm³/mol. The quantitative estimate of drug-likeness (QED) is 0.636. The third kappa shape index (κ3) is 3.23. The lowest BCUT2D eigenvalue weighted by atomic mass is 10.0. The Balaban J connectivity index is 2.06. The first-order valence-corrected chi connectivity index (χ1v) is 6.57. The molecule has 0 radical (unpaired) electrons. The van der Waals surface area contributed by atoms with Crippen molar-refractivity contribution in [2.24, 2.45) is 11.8 Å². The topological polar surface area (TPSA) is 80.5 Å². The van der Waals surface area contributed by atoms with Crippen molar-refractivity contribution >= 4 is 11.7 Å². The molecule has 110 valence electrons. The molecule has 0 bridgehead atoms. The second kappa shape index (κ2) is 6.62. The van der Waals surface area contributed by atoms with Gasteiger partial charge in [-0.2, -0.15) is 0 Å². The normalized spacial score (nSPS) is 18.6. The molecule has 1 aliphatic rings. The van der Waals surface area contributed by atoms with Crippen molar-refractivity contribution in [3.05, 3.63) is 23.6 Å². The lowest BCUT2D eigenvalue weighted by Crippen LogP contribution is -2.35. The molecule has 2 rings (SSSR count). The van der Waals surface area contributed by atoms with Gasteiger partial charge in [-0.15, -0.1) is 0 Å². The number of anilines is 1. The number of nitrogens with two attached hydrogens (primary N) is 1. The Morgan fingerprint density at radius 2 is 2.50 bits per heavy atom. The fourth-order valence-electron chi connectivity index (χ4n) is 2.34. The first-order chi connectivity index (χ1) is 9.63. The number of rotatable bonds is 4. The van der Waals surface area contributed by atoms with Crippen LogP contribution < -0.4 is 11.3 Å². The van der Waals surface area contributed by atoms with Crippen molar-refractivity contribution in [1.82, 2.24) is 9.88 Å². The van der Waals surface area contributed by atoms with E-state index in [0.717, 1.165) is 19.4 Å². The summed E-state index contributed by atoms with van der Waals surface area (Å²) in [6.07, 6.45) is 3.37. The van der Waals surface area contributed by atoms with Gasteiger partial charge in [0.2, 0.25) is 0 Å². The molecule has 3 N–H and O–H groups in total. The second-order valence-electron chi connectivity index (χ2n) is 4.93. The number of hydrogen-bond acceptors (Lipinski definition) is 5. The van der Waals surface area contributed by atoms with E-state index >= 15 is 0 Å². The molecule has 1 atom stereocenters. The van der Waals surface area contributed by atoms with Gasteiger partial charge in [-0.1, -0.05) is 0 Å². The molecule has 1 aliphatic heterocycles. The number of ether oxygens (including phenoxy) is 1. The monoisotopic (exact) mass is 282 g/mol. The number of hydrazine groups is 1. The van der Waals surface area contributed by atoms with Crippen molar-refractivity contribution in [2.45, 2.75) is 12.8 Å². The highest BCUT2D eigenvalue weighted by Crippen LogP contribution is 2.18. The maximum Gasteiger partial charge on any atom is 0.256 e. The van der Waals surface area contributed by atoms with Gasteiger partial charge in [0.05, 0.1) is 12.2 Å². The van der Waals surface area contributed by atoms with Gasteiger partial charge in [0.25, 0.3) is 5.91 Å². The maximum absolute atomic E-state index is 14.0. The molecule has 1 unspecified atom stereocenters. The number of carbonyl (C=O) groups is 1. The number of pyridine rings is 1. The molecule has 20 heavy (non-hydrogen) atoms. The molecule has 1 amide bonds. The molecule has 1 aromatic heterocycles. The Morgan fingerprint density at radius 1 is 1.70 bits per heavy atom. The van der Waals surface area contributed by atoms with E-state index in [9.17, 15) is 9.18 Å². The summed E-state index contributed by atoms with van der Waals surface area (Å²) in [5.41, 5.74) is 2.10. The van der Waals surface area contributed by atoms with Crippen molar-refractivity contribution in [3.63, 3.8) is 0 Å². The second-order valence-corrected chi connectivity index (χ2v) is 4.93. The average Bonchev–Trinajstić information content (AvgIpc) is 2.48. The third-order valence-electron chi connectivity index (χ3n) is 3.39. The van der Waals surface area contributed by atoms with Gasteiger partial charge in [0.1, 0.15) is 0 Å². The van der Waals surface area contributed by atoms with Crippen LogP contribution in [-0.4, -0.2) is 42.6 Å². The number of nitrogens with one attached hydrogen (secondary N) is 1. The van der Waals surface area contributed by atoms with Crippen LogP contribution in [0.15, 0.2) is 12.3 Å². The minimum absolute atomic E-state index is 0.0350. The zero-order valence-corrected chi connectivity index (χ0v) is 11.4. The molecule has 1 aromatic rings. The predicted octanol–water partition coefficient (Wildman–Crippen LogP) is 1.00. The first kappa shape index (κ1) is 14.7. The van der Waals surface area contributed by atoms with Gasteiger partial charge in [0.15, 0.2) is 11.6 Å². The van der Waals surface area contributed by atoms with E-state index in [1.807, 2.05) is 0 Å². The van der Waals surface area contributed by atoms with Crippen LogP contribution in [0.1, 0.15) is 23.2 Å². The van der Waals surface area contributed by atoms with Crippen LogP contribution in [0.3, 0.4) is 0 Å². The molecular formula is C13H19FN4O2. The van der Waals surface area contributed by atoms with Gasteiger partial charge < -0.3 is 15.1 Å². The largest absolute Gasteiger partial charge is 0.381 e. The van der Waals surface area contributed by atoms with E-state index < -0.39 is 5.82 Å². The molecule has 7 heteroatoms. The Kier molecular flexibility index (Phi) is 4.86. The first-order valence-electron chi connectivity index (χ1n) is 6.57. The molecule has 1 fully saturated rings. The molecule has 1 saturated heterocycles. The van der Waals surface area contributed by atoms with Crippen LogP contribution in [0.25, 0.3) is 0 Å². The van der Waals surface area contributed by atoms with Crippen LogP contribution in [0.4, 0.5) is 10.2 Å². The fraction of sp³-hybridized carbons (Fsp3) is 0.538. The number of halogens is 1. The van der Waals surface area contributed by atoms with Crippen molar-refractivity contribution in [2.75, 3.05) is 32.2 Å². The highest BCUT2D eigenvalue weighted by atomic mass is 19.1. The highest BCUT2D eigenvalue weighted by molar-refractivity contribution is 5.95. The summed E-state index contributed by atoms with van der Waals surface area (Å²) >= 11 is 0. The van der Waals surface area contributed by atoms with E-state index in [1.165, 1.54) is 17.2 Å². The molecule has 6 nitrogen and oxygen atoms in total. The van der Waals surface area contributed by atoms with Gasteiger partial charge in [-0.3, -0.25) is 4.79 Å². The Morgan fingerprint density at radius 3 is 3.15 bits per heavy atom. The van der Waals surface area contributed by atoms with Crippen molar-refractivity contribution < 1.29 is 13.9 Å². The number of nitrogens with zero attached hydrogens (tertiary/aromatic N) is 2. The molecule has 0 spiro atoms. The number of carbonyl (C=O) groups excluding carboxylic acids is 1. The number of hydrogen-bond donors (Lipinski definition) is 2. The smallest absolute Gasteiger partial charge is 0.256 e. The molecular weight excluding hydrogens is 263 g/mol. The summed E-state index contributed by atoms with van der Waals surface area (Å²) in [7, 11) is 1.66. The lowest BCUT2D eigenvalue weighted by Gasteiger charge is -2.27. The lowest BCUT2D eigenvalue weighted by molar-refractivity contribution is 0.0387. The standard InChI is InChI=1S/C13H19FN4O2/c1-18(7-9-3-2-6-20-8-9)13(19)10-4-5-16-12(17-15)11(10)14/h4-5,9H,2-3,6-8,15H2,1H3,(H,16,17). The summed E-state index contributed by atoms with van der Waals surface area (Å²) in [5.74, 6) is 4.21. The van der Waals surface area contributed by atoms with Crippen molar-refractivity contribution in [3.8, 4) is 0 Å². The van der Waals surface area contributed by atoms with Crippen LogP contribution in [0.2, 0.25) is 0 Å². The van der Waals surface area contributed by atoms with Crippen LogP contribution >= 0.6 is 0 Å². The highest BCUT2D eigenvalue weighted by Gasteiger charge is 2.22. The summed E-state index contributed by atoms with van der Waals surface area (Å²) in [4.78, 5) is 17.5. The van der Waals surface area contributed by atoms with E-state index in [1.54, 1.807) is 7.05 Å². The van der Waals surface area contributed by atoms with Gasteiger partial charge in [-0.05, 0) is 24.8 Å². The average molecular weight is 282 g/mol. The fourth-order valence-corrected chi connectivity index (χ4v) is 2.34. The number of nitrogen functional groups attached to an aromatic ring is 1. The number of amides is 1. The SMILES string of the molecule is CN(CC1CCCOC1)C(=O)c1ccnc(NN)c1F. The van der Waals surface area contributed by atoms with Gasteiger partial charge in [-0.25, -0.2) is 15.2 Å². The molecule has 0 aliphatic carbocycles. The maximum atomic E-state index is 14.0. The number of aromatic nitrogens is 1. The Hall–Kier alpha value is -1.73. The van der Waals surface area contributed by atoms with Crippen LogP contribution in [0, 0.1) is 11.7 Å².